The van der Waals surface area contributed by atoms with E-state index in [9.17, 15) is 23.6 Å². The van der Waals surface area contributed by atoms with Crippen LogP contribution in [0.25, 0.3) is 10.9 Å². The van der Waals surface area contributed by atoms with E-state index in [1.807, 2.05) is 36.3 Å². The minimum absolute atomic E-state index is 0.0803. The van der Waals surface area contributed by atoms with E-state index in [4.69, 9.17) is 5.11 Å². The molecule has 2 amide bonds. The van der Waals surface area contributed by atoms with Crippen LogP contribution in [-0.4, -0.2) is 56.9 Å². The molecule has 4 rings (SSSR count). The molecule has 3 aromatic rings. The summed E-state index contributed by atoms with van der Waals surface area (Å²) in [4.78, 5) is 50.2. The number of benzene rings is 2. The molecule has 9 heteroatoms. The molecule has 1 saturated heterocycles. The van der Waals surface area contributed by atoms with E-state index >= 15 is 0 Å². The third-order valence-electron chi connectivity index (χ3n) is 6.06. The summed E-state index contributed by atoms with van der Waals surface area (Å²) in [6, 6.07) is 13.2. The summed E-state index contributed by atoms with van der Waals surface area (Å²) in [5.41, 5.74) is 2.21. The highest BCUT2D eigenvalue weighted by atomic mass is 19.1. The summed E-state index contributed by atoms with van der Waals surface area (Å²) in [5, 5.41) is 12.1. The first-order valence-electron chi connectivity index (χ1n) is 11.4. The number of carboxylic acids is 1. The number of hydrogen-bond acceptors (Lipinski definition) is 4. The first-order valence-corrected chi connectivity index (χ1v) is 11.4. The predicted molar refractivity (Wildman–Crippen MR) is 130 cm³/mol. The van der Waals surface area contributed by atoms with Gasteiger partial charge in [0.25, 0.3) is 0 Å². The van der Waals surface area contributed by atoms with E-state index in [0.717, 1.165) is 5.56 Å². The lowest BCUT2D eigenvalue weighted by molar-refractivity contribution is -0.139. The summed E-state index contributed by atoms with van der Waals surface area (Å²) in [6.07, 6.45) is 0.140. The SMILES string of the molecule is CC(=O)c1cn(CC(=O)N2C[C@H](F)C[C@H]2C(=O)NCc2ccccc2)c2ccc(C#CC(=O)O)cc12. The van der Waals surface area contributed by atoms with E-state index in [1.54, 1.807) is 22.8 Å². The lowest BCUT2D eigenvalue weighted by Crippen LogP contribution is -2.46. The van der Waals surface area contributed by atoms with Crippen molar-refractivity contribution in [1.82, 2.24) is 14.8 Å². The van der Waals surface area contributed by atoms with Gasteiger partial charge in [0.1, 0.15) is 18.8 Å². The number of carbonyl (C=O) groups is 4. The third kappa shape index (κ3) is 5.44. The second kappa shape index (κ2) is 10.4. The maximum atomic E-state index is 14.3. The molecule has 0 saturated carbocycles. The number of nitrogens with zero attached hydrogens (tertiary/aromatic N) is 2. The highest BCUT2D eigenvalue weighted by molar-refractivity contribution is 6.07. The molecule has 1 aliphatic rings. The van der Waals surface area contributed by atoms with Crippen molar-refractivity contribution in [2.24, 2.45) is 0 Å². The van der Waals surface area contributed by atoms with Gasteiger partial charge >= 0.3 is 5.97 Å². The average Bonchev–Trinajstić information content (AvgIpc) is 3.42. The number of nitrogens with one attached hydrogen (secondary N) is 1. The van der Waals surface area contributed by atoms with Gasteiger partial charge in [-0.15, -0.1) is 0 Å². The van der Waals surface area contributed by atoms with Crippen LogP contribution >= 0.6 is 0 Å². The van der Waals surface area contributed by atoms with Crippen LogP contribution in [0.1, 0.15) is 34.8 Å². The van der Waals surface area contributed by atoms with Crippen LogP contribution in [0.2, 0.25) is 0 Å². The largest absolute Gasteiger partial charge is 0.472 e. The number of carboxylic acid groups (broad SMARTS) is 1. The molecule has 184 valence electrons. The number of aliphatic carboxylic acids is 1. The summed E-state index contributed by atoms with van der Waals surface area (Å²) in [7, 11) is 0. The molecule has 0 aliphatic carbocycles. The number of fused-ring (bicyclic) bond motifs is 1. The Hall–Kier alpha value is -4.45. The van der Waals surface area contributed by atoms with Crippen molar-refractivity contribution in [2.45, 2.75) is 38.6 Å². The molecule has 0 spiro atoms. The summed E-state index contributed by atoms with van der Waals surface area (Å²) in [6.45, 7) is 1.28. The van der Waals surface area contributed by atoms with Gasteiger partial charge in [-0.2, -0.15) is 0 Å². The number of alkyl halides is 1. The highest BCUT2D eigenvalue weighted by Crippen LogP contribution is 2.26. The Labute approximate surface area is 206 Å². The van der Waals surface area contributed by atoms with Crippen LogP contribution < -0.4 is 5.32 Å². The van der Waals surface area contributed by atoms with Crippen molar-refractivity contribution in [3.05, 3.63) is 71.4 Å². The second-order valence-electron chi connectivity index (χ2n) is 8.61. The van der Waals surface area contributed by atoms with Crippen LogP contribution in [0.4, 0.5) is 4.39 Å². The van der Waals surface area contributed by atoms with Gasteiger partial charge in [0.15, 0.2) is 5.78 Å². The molecular weight excluding hydrogens is 465 g/mol. The molecule has 2 heterocycles. The summed E-state index contributed by atoms with van der Waals surface area (Å²) < 4.78 is 15.9. The molecule has 1 aromatic heterocycles. The van der Waals surface area contributed by atoms with Gasteiger partial charge in [-0.3, -0.25) is 14.4 Å². The Kier molecular flexibility index (Phi) is 7.15. The molecule has 1 aliphatic heterocycles. The van der Waals surface area contributed by atoms with Crippen LogP contribution in [0.5, 0.6) is 0 Å². The van der Waals surface area contributed by atoms with E-state index in [1.165, 1.54) is 18.0 Å². The van der Waals surface area contributed by atoms with Crippen molar-refractivity contribution in [1.29, 1.82) is 0 Å². The van der Waals surface area contributed by atoms with E-state index < -0.39 is 30.0 Å². The Bertz CT molecular complexity index is 1400. The first-order chi connectivity index (χ1) is 17.2. The first kappa shape index (κ1) is 24.7. The molecule has 36 heavy (non-hydrogen) atoms. The molecule has 0 radical (unpaired) electrons. The molecule has 0 unspecified atom stereocenters. The van der Waals surface area contributed by atoms with E-state index in [-0.39, 0.29) is 31.8 Å². The molecule has 2 atom stereocenters. The lowest BCUT2D eigenvalue weighted by Gasteiger charge is -2.24. The zero-order valence-electron chi connectivity index (χ0n) is 19.5. The molecule has 1 fully saturated rings. The fourth-order valence-corrected chi connectivity index (χ4v) is 4.36. The van der Waals surface area contributed by atoms with Crippen LogP contribution in [0, 0.1) is 11.8 Å². The Morgan fingerprint density at radius 1 is 1.14 bits per heavy atom. The van der Waals surface area contributed by atoms with Gasteiger partial charge in [-0.05, 0) is 30.7 Å². The number of Topliss-reactive ketones (excluding diaryl/α,β-unsaturated/α-hetero) is 1. The molecule has 8 nitrogen and oxygen atoms in total. The maximum absolute atomic E-state index is 14.3. The molecular formula is C27H24FN3O5. The van der Waals surface area contributed by atoms with Crippen molar-refractivity contribution >= 4 is 34.5 Å². The molecule has 2 aromatic carbocycles. The van der Waals surface area contributed by atoms with Gasteiger partial charge in [-0.25, -0.2) is 9.18 Å². The van der Waals surface area contributed by atoms with Gasteiger partial charge in [0, 0.05) is 47.1 Å². The maximum Gasteiger partial charge on any atom is 0.382 e. The lowest BCUT2D eigenvalue weighted by atomic mass is 10.1. The number of ketones is 1. The fraction of sp³-hybridized carbons (Fsp3) is 0.259. The average molecular weight is 490 g/mol. The van der Waals surface area contributed by atoms with Crippen LogP contribution in [-0.2, 0) is 27.5 Å². The summed E-state index contributed by atoms with van der Waals surface area (Å²) in [5.74, 6) is 2.16. The molecule has 0 bridgehead atoms. The second-order valence-corrected chi connectivity index (χ2v) is 8.61. The summed E-state index contributed by atoms with van der Waals surface area (Å²) >= 11 is 0. The number of rotatable bonds is 6. The quantitative estimate of drug-likeness (QED) is 0.409. The smallest absolute Gasteiger partial charge is 0.382 e. The van der Waals surface area contributed by atoms with Crippen molar-refractivity contribution in [3.8, 4) is 11.8 Å². The standard InChI is InChI=1S/C27H24FN3O5/c1-17(32)22-15-30(23-9-7-18(11-21(22)23)8-10-26(34)35)16-25(33)31-14-20(28)12-24(31)27(36)29-13-19-5-3-2-4-6-19/h2-7,9,11,15,20,24H,12-14,16H2,1H3,(H,29,36)(H,34,35)/t20-,24+/m1/s1. The van der Waals surface area contributed by atoms with Crippen molar-refractivity contribution < 1.29 is 28.7 Å². The Morgan fingerprint density at radius 3 is 2.58 bits per heavy atom. The van der Waals surface area contributed by atoms with Gasteiger partial charge in [-0.1, -0.05) is 36.3 Å². The van der Waals surface area contributed by atoms with Crippen molar-refractivity contribution in [3.63, 3.8) is 0 Å². The Morgan fingerprint density at radius 2 is 1.89 bits per heavy atom. The Balaban J connectivity index is 1.54. The number of amides is 2. The number of halogens is 1. The van der Waals surface area contributed by atoms with Gasteiger partial charge in [0.2, 0.25) is 11.8 Å². The molecule has 2 N–H and O–H groups in total. The number of hydrogen-bond donors (Lipinski definition) is 2. The number of likely N-dealkylation sites (tertiary alicyclic amines) is 1. The minimum Gasteiger partial charge on any atom is -0.472 e. The predicted octanol–water partition coefficient (Wildman–Crippen LogP) is 2.54. The van der Waals surface area contributed by atoms with E-state index in [2.05, 4.69) is 11.2 Å². The highest BCUT2D eigenvalue weighted by Gasteiger charge is 2.39. The van der Waals surface area contributed by atoms with Gasteiger partial charge in [0.05, 0.1) is 6.54 Å². The topological polar surface area (TPSA) is 109 Å². The fourth-order valence-electron chi connectivity index (χ4n) is 4.36. The third-order valence-corrected chi connectivity index (χ3v) is 6.06. The van der Waals surface area contributed by atoms with Gasteiger partial charge < -0.3 is 19.9 Å². The monoisotopic (exact) mass is 489 g/mol. The zero-order valence-corrected chi connectivity index (χ0v) is 19.5. The minimum atomic E-state index is -1.31. The zero-order chi connectivity index (χ0) is 25.8. The van der Waals surface area contributed by atoms with Crippen molar-refractivity contribution in [2.75, 3.05) is 6.54 Å². The number of aromatic nitrogens is 1. The number of carbonyl (C=O) groups excluding carboxylic acids is 3. The van der Waals surface area contributed by atoms with Crippen LogP contribution in [0.3, 0.4) is 0 Å². The normalized spacial score (nSPS) is 16.9. The van der Waals surface area contributed by atoms with E-state index in [0.29, 0.717) is 22.0 Å². The van der Waals surface area contributed by atoms with Crippen LogP contribution in [0.15, 0.2) is 54.7 Å².